The Labute approximate surface area is 141 Å². The van der Waals surface area contributed by atoms with E-state index in [0.29, 0.717) is 11.8 Å². The van der Waals surface area contributed by atoms with Crippen molar-refractivity contribution in [3.05, 3.63) is 34.3 Å². The molecule has 2 atom stereocenters. The van der Waals surface area contributed by atoms with E-state index in [0.717, 1.165) is 36.4 Å². The molecule has 22 heavy (non-hydrogen) atoms. The Balaban J connectivity index is 1.50. The standard InChI is InChI=1S/C18H25BrN2O/c1-20-8-5-13-6-9-21(10-7-13)18(22)17-12-16(17)14-3-2-4-15(19)11-14/h2-4,11,13,16-17,20H,5-10,12H2,1H3. The zero-order valence-electron chi connectivity index (χ0n) is 13.2. The first-order valence-corrected chi connectivity index (χ1v) is 9.17. The minimum atomic E-state index is 0.225. The van der Waals surface area contributed by atoms with Crippen LogP contribution in [0.1, 0.15) is 37.2 Å². The van der Waals surface area contributed by atoms with Gasteiger partial charge in [0.25, 0.3) is 0 Å². The lowest BCUT2D eigenvalue weighted by Crippen LogP contribution is -2.40. The zero-order valence-corrected chi connectivity index (χ0v) is 14.8. The van der Waals surface area contributed by atoms with Crippen LogP contribution in [0.5, 0.6) is 0 Å². The molecular formula is C18H25BrN2O. The van der Waals surface area contributed by atoms with Gasteiger partial charge < -0.3 is 10.2 Å². The van der Waals surface area contributed by atoms with Crippen LogP contribution >= 0.6 is 15.9 Å². The van der Waals surface area contributed by atoms with Crippen LogP contribution in [0.3, 0.4) is 0 Å². The van der Waals surface area contributed by atoms with E-state index in [1.54, 1.807) is 0 Å². The van der Waals surface area contributed by atoms with Gasteiger partial charge in [-0.2, -0.15) is 0 Å². The lowest BCUT2D eigenvalue weighted by atomic mass is 9.93. The van der Waals surface area contributed by atoms with Crippen molar-refractivity contribution in [2.75, 3.05) is 26.7 Å². The molecule has 1 heterocycles. The molecule has 3 nitrogen and oxygen atoms in total. The van der Waals surface area contributed by atoms with Crippen LogP contribution in [0.15, 0.2) is 28.7 Å². The number of halogens is 1. The fourth-order valence-electron chi connectivity index (χ4n) is 3.60. The van der Waals surface area contributed by atoms with E-state index >= 15 is 0 Å². The number of rotatable bonds is 5. The van der Waals surface area contributed by atoms with Gasteiger partial charge in [-0.1, -0.05) is 28.1 Å². The zero-order chi connectivity index (χ0) is 15.5. The summed E-state index contributed by atoms with van der Waals surface area (Å²) in [6.45, 7) is 3.00. The van der Waals surface area contributed by atoms with Crippen LogP contribution in [0.2, 0.25) is 0 Å². The molecule has 120 valence electrons. The number of hydrogen-bond acceptors (Lipinski definition) is 2. The smallest absolute Gasteiger partial charge is 0.226 e. The summed E-state index contributed by atoms with van der Waals surface area (Å²) in [5.41, 5.74) is 1.30. The van der Waals surface area contributed by atoms with Gasteiger partial charge in [0.1, 0.15) is 0 Å². The molecule has 1 aliphatic carbocycles. The van der Waals surface area contributed by atoms with Gasteiger partial charge in [-0.05, 0) is 68.8 Å². The molecule has 1 saturated heterocycles. The Morgan fingerprint density at radius 1 is 1.36 bits per heavy atom. The molecule has 1 N–H and O–H groups in total. The van der Waals surface area contributed by atoms with E-state index < -0.39 is 0 Å². The average molecular weight is 365 g/mol. The van der Waals surface area contributed by atoms with Crippen LogP contribution in [0, 0.1) is 11.8 Å². The number of likely N-dealkylation sites (tertiary alicyclic amines) is 1. The minimum absolute atomic E-state index is 0.225. The molecule has 2 unspecified atom stereocenters. The average Bonchev–Trinajstić information content (AvgIpc) is 3.33. The topological polar surface area (TPSA) is 32.3 Å². The largest absolute Gasteiger partial charge is 0.342 e. The van der Waals surface area contributed by atoms with Gasteiger partial charge in [-0.25, -0.2) is 0 Å². The van der Waals surface area contributed by atoms with Crippen LogP contribution in [0.25, 0.3) is 0 Å². The molecule has 0 spiro atoms. The first-order chi connectivity index (χ1) is 10.7. The first-order valence-electron chi connectivity index (χ1n) is 8.38. The second kappa shape index (κ2) is 7.14. The molecule has 1 amide bonds. The monoisotopic (exact) mass is 364 g/mol. The van der Waals surface area contributed by atoms with Crippen molar-refractivity contribution >= 4 is 21.8 Å². The van der Waals surface area contributed by atoms with E-state index in [4.69, 9.17) is 0 Å². The summed E-state index contributed by atoms with van der Waals surface area (Å²) < 4.78 is 1.11. The van der Waals surface area contributed by atoms with Gasteiger partial charge in [0.15, 0.2) is 0 Å². The number of hydrogen-bond donors (Lipinski definition) is 1. The van der Waals surface area contributed by atoms with Gasteiger partial charge in [0.2, 0.25) is 5.91 Å². The summed E-state index contributed by atoms with van der Waals surface area (Å²) in [5, 5.41) is 3.22. The van der Waals surface area contributed by atoms with Crippen molar-refractivity contribution in [1.82, 2.24) is 10.2 Å². The number of piperidine rings is 1. The highest BCUT2D eigenvalue weighted by Crippen LogP contribution is 2.49. The molecule has 1 aromatic carbocycles. The van der Waals surface area contributed by atoms with Gasteiger partial charge in [-0.15, -0.1) is 0 Å². The number of nitrogens with zero attached hydrogens (tertiary/aromatic N) is 1. The van der Waals surface area contributed by atoms with Gasteiger partial charge >= 0.3 is 0 Å². The Kier molecular flexibility index (Phi) is 5.19. The Morgan fingerprint density at radius 3 is 2.82 bits per heavy atom. The summed E-state index contributed by atoms with van der Waals surface area (Å²) in [7, 11) is 2.01. The number of nitrogens with one attached hydrogen (secondary N) is 1. The number of benzene rings is 1. The third kappa shape index (κ3) is 3.72. The summed E-state index contributed by atoms with van der Waals surface area (Å²) in [4.78, 5) is 14.8. The fourth-order valence-corrected chi connectivity index (χ4v) is 4.02. The van der Waals surface area contributed by atoms with Crippen molar-refractivity contribution in [1.29, 1.82) is 0 Å². The summed E-state index contributed by atoms with van der Waals surface area (Å²) in [5.74, 6) is 1.84. The molecule has 1 aromatic rings. The highest BCUT2D eigenvalue weighted by atomic mass is 79.9. The van der Waals surface area contributed by atoms with Crippen LogP contribution in [0.4, 0.5) is 0 Å². The van der Waals surface area contributed by atoms with Gasteiger partial charge in [-0.3, -0.25) is 4.79 Å². The van der Waals surface area contributed by atoms with Crippen LogP contribution < -0.4 is 5.32 Å². The van der Waals surface area contributed by atoms with E-state index in [9.17, 15) is 4.79 Å². The van der Waals surface area contributed by atoms with E-state index in [1.165, 1.54) is 24.8 Å². The van der Waals surface area contributed by atoms with E-state index in [2.05, 4.69) is 44.3 Å². The fraction of sp³-hybridized carbons (Fsp3) is 0.611. The quantitative estimate of drug-likeness (QED) is 0.868. The van der Waals surface area contributed by atoms with Crippen molar-refractivity contribution in [3.63, 3.8) is 0 Å². The van der Waals surface area contributed by atoms with Crippen molar-refractivity contribution in [2.24, 2.45) is 11.8 Å². The Hall–Kier alpha value is -0.870. The summed E-state index contributed by atoms with van der Waals surface area (Å²) in [6, 6.07) is 8.40. The number of carbonyl (C=O) groups excluding carboxylic acids is 1. The normalized spacial score (nSPS) is 25.3. The Bertz CT molecular complexity index is 526. The number of amides is 1. The summed E-state index contributed by atoms with van der Waals surface area (Å²) >= 11 is 3.52. The SMILES string of the molecule is CNCCC1CCN(C(=O)C2CC2c2cccc(Br)c2)CC1. The molecule has 0 bridgehead atoms. The van der Waals surface area contributed by atoms with Crippen molar-refractivity contribution < 1.29 is 4.79 Å². The van der Waals surface area contributed by atoms with E-state index in [1.807, 2.05) is 13.1 Å². The second-order valence-corrected chi connectivity index (χ2v) is 7.58. The molecule has 0 aromatic heterocycles. The van der Waals surface area contributed by atoms with Gasteiger partial charge in [0, 0.05) is 23.5 Å². The maximum Gasteiger partial charge on any atom is 0.226 e. The minimum Gasteiger partial charge on any atom is -0.342 e. The molecular weight excluding hydrogens is 340 g/mol. The molecule has 2 aliphatic rings. The lowest BCUT2D eigenvalue weighted by Gasteiger charge is -2.32. The molecule has 1 aliphatic heterocycles. The summed E-state index contributed by atoms with van der Waals surface area (Å²) in [6.07, 6.45) is 4.60. The van der Waals surface area contributed by atoms with Crippen molar-refractivity contribution in [2.45, 2.75) is 31.6 Å². The first kappa shape index (κ1) is 16.0. The molecule has 1 saturated carbocycles. The maximum atomic E-state index is 12.7. The maximum absolute atomic E-state index is 12.7. The predicted octanol–water partition coefficient (Wildman–Crippen LogP) is 3.40. The van der Waals surface area contributed by atoms with Crippen molar-refractivity contribution in [3.8, 4) is 0 Å². The van der Waals surface area contributed by atoms with Crippen LogP contribution in [-0.2, 0) is 4.79 Å². The highest BCUT2D eigenvalue weighted by Gasteiger charge is 2.46. The molecule has 0 radical (unpaired) electrons. The molecule has 4 heteroatoms. The number of carbonyl (C=O) groups is 1. The highest BCUT2D eigenvalue weighted by molar-refractivity contribution is 9.10. The molecule has 2 fully saturated rings. The Morgan fingerprint density at radius 2 is 2.14 bits per heavy atom. The predicted molar refractivity (Wildman–Crippen MR) is 92.8 cm³/mol. The second-order valence-electron chi connectivity index (χ2n) is 6.66. The third-order valence-electron chi connectivity index (χ3n) is 5.11. The molecule has 3 rings (SSSR count). The lowest BCUT2D eigenvalue weighted by molar-refractivity contribution is -0.134. The third-order valence-corrected chi connectivity index (χ3v) is 5.61. The van der Waals surface area contributed by atoms with E-state index in [-0.39, 0.29) is 5.92 Å². The van der Waals surface area contributed by atoms with Gasteiger partial charge in [0.05, 0.1) is 0 Å². The van der Waals surface area contributed by atoms with Crippen LogP contribution in [-0.4, -0.2) is 37.5 Å².